The largest absolute Gasteiger partial charge is 0.378 e. The van der Waals surface area contributed by atoms with Gasteiger partial charge in [-0.05, 0) is 18.6 Å². The molecule has 1 aliphatic heterocycles. The van der Waals surface area contributed by atoms with E-state index in [0.29, 0.717) is 37.6 Å². The summed E-state index contributed by atoms with van der Waals surface area (Å²) in [7, 11) is -3.27. The first kappa shape index (κ1) is 18.9. The van der Waals surface area contributed by atoms with Crippen molar-refractivity contribution in [3.63, 3.8) is 0 Å². The minimum absolute atomic E-state index is 0. The summed E-state index contributed by atoms with van der Waals surface area (Å²) in [5, 5.41) is 5.78. The highest BCUT2D eigenvalue weighted by Gasteiger charge is 2.20. The van der Waals surface area contributed by atoms with Crippen molar-refractivity contribution in [2.45, 2.75) is 17.4 Å². The quantitative estimate of drug-likeness (QED) is 0.726. The van der Waals surface area contributed by atoms with Crippen molar-refractivity contribution in [2.75, 3.05) is 32.1 Å². The summed E-state index contributed by atoms with van der Waals surface area (Å²) >= 11 is 0. The van der Waals surface area contributed by atoms with E-state index in [2.05, 4.69) is 10.6 Å². The summed E-state index contributed by atoms with van der Waals surface area (Å²) in [5.41, 5.74) is 0. The van der Waals surface area contributed by atoms with Crippen LogP contribution in [0.3, 0.4) is 0 Å². The van der Waals surface area contributed by atoms with Gasteiger partial charge in [0.05, 0.1) is 23.9 Å². The molecule has 1 aromatic carbocycles. The highest BCUT2D eigenvalue weighted by molar-refractivity contribution is 7.91. The third-order valence-electron chi connectivity index (χ3n) is 3.23. The number of nitrogens with one attached hydrogen (secondary N) is 2. The van der Waals surface area contributed by atoms with Crippen LogP contribution >= 0.6 is 12.4 Å². The number of hydrogen-bond donors (Lipinski definition) is 2. The summed E-state index contributed by atoms with van der Waals surface area (Å²) in [5.74, 6) is -0.127. The van der Waals surface area contributed by atoms with E-state index in [-0.39, 0.29) is 30.1 Å². The van der Waals surface area contributed by atoms with Crippen LogP contribution in [0.2, 0.25) is 0 Å². The first-order chi connectivity index (χ1) is 10.1. The Bertz CT molecular complexity index is 559. The van der Waals surface area contributed by atoms with Gasteiger partial charge in [0.2, 0.25) is 5.91 Å². The van der Waals surface area contributed by atoms with Crippen molar-refractivity contribution in [3.8, 4) is 0 Å². The molecule has 22 heavy (non-hydrogen) atoms. The fourth-order valence-corrected chi connectivity index (χ4v) is 3.41. The Balaban J connectivity index is 0.00000242. The van der Waals surface area contributed by atoms with E-state index < -0.39 is 9.84 Å². The van der Waals surface area contributed by atoms with E-state index in [9.17, 15) is 13.2 Å². The molecule has 8 heteroatoms. The number of hydrogen-bond acceptors (Lipinski definition) is 5. The van der Waals surface area contributed by atoms with Gasteiger partial charge >= 0.3 is 0 Å². The summed E-state index contributed by atoms with van der Waals surface area (Å²) < 4.78 is 29.3. The van der Waals surface area contributed by atoms with E-state index in [4.69, 9.17) is 4.74 Å². The molecule has 1 unspecified atom stereocenters. The van der Waals surface area contributed by atoms with Crippen LogP contribution in [0.15, 0.2) is 35.2 Å². The average molecular weight is 349 g/mol. The van der Waals surface area contributed by atoms with Gasteiger partial charge in [-0.2, -0.15) is 0 Å². The number of ether oxygens (including phenoxy) is 1. The van der Waals surface area contributed by atoms with Crippen LogP contribution in [-0.4, -0.2) is 52.4 Å². The second-order valence-corrected chi connectivity index (χ2v) is 6.97. The third-order valence-corrected chi connectivity index (χ3v) is 5.05. The molecule has 1 amide bonds. The van der Waals surface area contributed by atoms with Gasteiger partial charge in [0.25, 0.3) is 0 Å². The Kier molecular flexibility index (Phi) is 7.81. The van der Waals surface area contributed by atoms with Crippen molar-refractivity contribution in [1.82, 2.24) is 10.6 Å². The monoisotopic (exact) mass is 348 g/mol. The van der Waals surface area contributed by atoms with E-state index in [0.717, 1.165) is 0 Å². The van der Waals surface area contributed by atoms with E-state index in [1.807, 2.05) is 0 Å². The van der Waals surface area contributed by atoms with Crippen LogP contribution in [0.25, 0.3) is 0 Å². The predicted molar refractivity (Wildman–Crippen MR) is 86.0 cm³/mol. The molecular formula is C14H21ClN2O4S. The van der Waals surface area contributed by atoms with Gasteiger partial charge in [-0.1, -0.05) is 18.2 Å². The van der Waals surface area contributed by atoms with Crippen LogP contribution in [0, 0.1) is 0 Å². The highest BCUT2D eigenvalue weighted by atomic mass is 35.5. The number of amides is 1. The fraction of sp³-hybridized carbons (Fsp3) is 0.500. The molecule has 0 aliphatic carbocycles. The number of sulfone groups is 1. The SMILES string of the molecule is Cl.O=C(NCCCS(=O)(=O)c1ccccc1)C1COCCN1. The first-order valence-corrected chi connectivity index (χ1v) is 8.61. The molecule has 0 bridgehead atoms. The van der Waals surface area contributed by atoms with Crippen LogP contribution in [0.1, 0.15) is 6.42 Å². The number of carbonyl (C=O) groups is 1. The van der Waals surface area contributed by atoms with E-state index in [1.54, 1.807) is 30.3 Å². The second kappa shape index (κ2) is 9.09. The van der Waals surface area contributed by atoms with Crippen LogP contribution in [-0.2, 0) is 19.4 Å². The molecule has 1 fully saturated rings. The standard InChI is InChI=1S/C14H20N2O4S.ClH/c17-14(13-11-20-9-8-15-13)16-7-4-10-21(18,19)12-5-2-1-3-6-12;/h1-3,5-6,13,15H,4,7-11H2,(H,16,17);1H. The molecule has 2 rings (SSSR count). The first-order valence-electron chi connectivity index (χ1n) is 6.96. The Morgan fingerprint density at radius 2 is 2.05 bits per heavy atom. The molecule has 0 spiro atoms. The topological polar surface area (TPSA) is 84.5 Å². The molecule has 1 aromatic rings. The van der Waals surface area contributed by atoms with Gasteiger partial charge in [-0.3, -0.25) is 4.79 Å². The molecule has 124 valence electrons. The van der Waals surface area contributed by atoms with Gasteiger partial charge in [0, 0.05) is 13.1 Å². The lowest BCUT2D eigenvalue weighted by molar-refractivity contribution is -0.125. The summed E-state index contributed by atoms with van der Waals surface area (Å²) in [4.78, 5) is 12.1. The van der Waals surface area contributed by atoms with Crippen molar-refractivity contribution in [3.05, 3.63) is 30.3 Å². The molecule has 0 radical (unpaired) electrons. The van der Waals surface area contributed by atoms with Gasteiger partial charge in [0.15, 0.2) is 9.84 Å². The maximum absolute atomic E-state index is 12.0. The van der Waals surface area contributed by atoms with Crippen molar-refractivity contribution in [1.29, 1.82) is 0 Å². The minimum atomic E-state index is -3.27. The smallest absolute Gasteiger partial charge is 0.239 e. The second-order valence-electron chi connectivity index (χ2n) is 4.86. The van der Waals surface area contributed by atoms with Crippen molar-refractivity contribution >= 4 is 28.2 Å². The Morgan fingerprint density at radius 1 is 1.32 bits per heavy atom. The summed E-state index contributed by atoms with van der Waals surface area (Å²) in [6.45, 7) is 1.96. The zero-order valence-corrected chi connectivity index (χ0v) is 13.8. The van der Waals surface area contributed by atoms with Crippen LogP contribution in [0.4, 0.5) is 0 Å². The molecule has 6 nitrogen and oxygen atoms in total. The molecule has 2 N–H and O–H groups in total. The number of morpholine rings is 1. The van der Waals surface area contributed by atoms with E-state index in [1.165, 1.54) is 0 Å². The highest BCUT2D eigenvalue weighted by Crippen LogP contribution is 2.10. The zero-order chi connectivity index (χ0) is 15.1. The number of halogens is 1. The zero-order valence-electron chi connectivity index (χ0n) is 12.2. The molecule has 0 saturated carbocycles. The number of benzene rings is 1. The molecule has 1 atom stereocenters. The Morgan fingerprint density at radius 3 is 2.68 bits per heavy atom. The fourth-order valence-electron chi connectivity index (χ4n) is 2.08. The predicted octanol–water partition coefficient (Wildman–Crippen LogP) is 0.377. The average Bonchev–Trinajstić information content (AvgIpc) is 2.53. The van der Waals surface area contributed by atoms with Crippen molar-refractivity contribution in [2.24, 2.45) is 0 Å². The van der Waals surface area contributed by atoms with Gasteiger partial charge in [-0.15, -0.1) is 12.4 Å². The maximum Gasteiger partial charge on any atom is 0.239 e. The molecular weight excluding hydrogens is 328 g/mol. The van der Waals surface area contributed by atoms with Gasteiger partial charge < -0.3 is 15.4 Å². The van der Waals surface area contributed by atoms with Crippen LogP contribution in [0.5, 0.6) is 0 Å². The molecule has 0 aromatic heterocycles. The van der Waals surface area contributed by atoms with E-state index >= 15 is 0 Å². The molecule has 1 aliphatic rings. The lowest BCUT2D eigenvalue weighted by Crippen LogP contribution is -2.51. The summed E-state index contributed by atoms with van der Waals surface area (Å²) in [6, 6.07) is 7.99. The minimum Gasteiger partial charge on any atom is -0.378 e. The molecule has 1 saturated heterocycles. The number of carbonyl (C=O) groups excluding carboxylic acids is 1. The van der Waals surface area contributed by atoms with Crippen LogP contribution < -0.4 is 10.6 Å². The Hall–Kier alpha value is -1.15. The van der Waals surface area contributed by atoms with Gasteiger partial charge in [0.1, 0.15) is 6.04 Å². The molecule has 1 heterocycles. The normalized spacial score (nSPS) is 18.3. The van der Waals surface area contributed by atoms with Gasteiger partial charge in [-0.25, -0.2) is 8.42 Å². The number of rotatable bonds is 6. The lowest BCUT2D eigenvalue weighted by atomic mass is 10.2. The summed E-state index contributed by atoms with van der Waals surface area (Å²) in [6.07, 6.45) is 0.385. The Labute approximate surface area is 136 Å². The maximum atomic E-state index is 12.0. The third kappa shape index (κ3) is 5.57. The lowest BCUT2D eigenvalue weighted by Gasteiger charge is -2.22. The van der Waals surface area contributed by atoms with Crippen molar-refractivity contribution < 1.29 is 17.9 Å².